The summed E-state index contributed by atoms with van der Waals surface area (Å²) in [5.41, 5.74) is 0. The Hall–Kier alpha value is -3.55. The van der Waals surface area contributed by atoms with Gasteiger partial charge in [-0.3, -0.25) is 4.79 Å². The number of ether oxygens (including phenoxy) is 6. The standard InChI is InChI=1S/C86H149NO18/c1-3-5-7-9-11-13-15-17-19-21-23-25-27-29-31-33-34-36-38-40-42-44-46-48-50-52-54-56-58-60-62-64-74(92)87-69(70(91)63-61-59-57-55-53-51-49-47-45-43-41-39-37-35-32-30-28-26-24-22-20-18-16-14-12-10-8-6-4-2)68-100-84-80(98)77(95)82(72(66-89)102-84)105-86-81(99)78(96)83(73(67-90)103-86)104-85-79(97)76(94)75(93)71(65-88)101-85/h5,7,11,13,17,19,23,25,29,31,34,36,40,42,53,55,61,63,69-73,75-86,88-91,93-99H,3-4,6,8-10,12,14-16,18,20-22,24,26-28,30,32-33,35,37-39,41,43-52,54,56-60,62,64-68H2,1-2H3,(H,87,92)/b7-5-,13-11-,19-17-,25-23-,31-29-,36-34-,42-40-,55-53+,63-61+. The quantitative estimate of drug-likeness (QED) is 0.0199. The van der Waals surface area contributed by atoms with Crippen molar-refractivity contribution in [3.05, 3.63) is 109 Å². The Morgan fingerprint density at radius 3 is 1.07 bits per heavy atom. The molecule has 3 saturated heterocycles. The number of hydrogen-bond acceptors (Lipinski definition) is 18. The summed E-state index contributed by atoms with van der Waals surface area (Å²) in [6, 6.07) is -1.00. The average molecular weight is 1490 g/mol. The van der Waals surface area contributed by atoms with Crippen LogP contribution in [0.2, 0.25) is 0 Å². The zero-order valence-electron chi connectivity index (χ0n) is 64.9. The van der Waals surface area contributed by atoms with Crippen LogP contribution in [0.4, 0.5) is 0 Å². The van der Waals surface area contributed by atoms with E-state index in [-0.39, 0.29) is 18.9 Å². The summed E-state index contributed by atoms with van der Waals surface area (Å²) in [6.45, 7) is 1.62. The van der Waals surface area contributed by atoms with Crippen LogP contribution in [-0.4, -0.2) is 193 Å². The Morgan fingerprint density at radius 2 is 0.667 bits per heavy atom. The van der Waals surface area contributed by atoms with Crippen LogP contribution in [-0.2, 0) is 33.2 Å². The van der Waals surface area contributed by atoms with Crippen molar-refractivity contribution in [2.75, 3.05) is 26.4 Å². The molecule has 0 spiro atoms. The predicted octanol–water partition coefficient (Wildman–Crippen LogP) is 14.5. The van der Waals surface area contributed by atoms with Gasteiger partial charge in [-0.05, 0) is 89.9 Å². The van der Waals surface area contributed by atoms with Crippen molar-refractivity contribution in [1.29, 1.82) is 0 Å². The lowest BCUT2D eigenvalue weighted by atomic mass is 9.96. The molecule has 3 fully saturated rings. The van der Waals surface area contributed by atoms with Gasteiger partial charge >= 0.3 is 0 Å². The molecular weight excluding hydrogens is 1330 g/mol. The number of allylic oxidation sites excluding steroid dienone is 17. The Balaban J connectivity index is 1.39. The fourth-order valence-electron chi connectivity index (χ4n) is 13.4. The SMILES string of the molecule is CC/C=C\C/C=C\C/C=C\C/C=C\C/C=C\C/C=C\C/C=C\CCCCCCCCCCCC(=O)NC(COC1OC(CO)C(OC2OC(CO)C(OC3OC(CO)C(O)C(O)C3O)C(O)C2O)C(O)C1O)C(O)/C=C/CC/C=C/CCCCCCCCCCCCCCCCCCCCCCCCC. The Bertz CT molecular complexity index is 2320. The van der Waals surface area contributed by atoms with E-state index in [4.69, 9.17) is 28.4 Å². The van der Waals surface area contributed by atoms with E-state index in [0.29, 0.717) is 12.8 Å². The molecular formula is C86H149NO18. The van der Waals surface area contributed by atoms with Crippen LogP contribution in [0, 0.1) is 0 Å². The molecule has 0 radical (unpaired) electrons. The van der Waals surface area contributed by atoms with Crippen LogP contribution in [0.5, 0.6) is 0 Å². The molecule has 0 aromatic carbocycles. The summed E-state index contributed by atoms with van der Waals surface area (Å²) in [6.07, 6.45) is 63.6. The molecule has 1 amide bonds. The van der Waals surface area contributed by atoms with Gasteiger partial charge in [0.2, 0.25) is 5.91 Å². The van der Waals surface area contributed by atoms with Gasteiger partial charge in [0.25, 0.3) is 0 Å². The first-order valence-corrected chi connectivity index (χ1v) is 41.6. The lowest BCUT2D eigenvalue weighted by Gasteiger charge is -2.48. The van der Waals surface area contributed by atoms with Crippen molar-refractivity contribution < 1.29 is 89.4 Å². The number of amides is 1. The molecule has 0 saturated carbocycles. The topological polar surface area (TPSA) is 307 Å². The lowest BCUT2D eigenvalue weighted by molar-refractivity contribution is -0.379. The highest BCUT2D eigenvalue weighted by Gasteiger charge is 2.54. The Labute approximate surface area is 634 Å². The highest BCUT2D eigenvalue weighted by atomic mass is 16.8. The molecule has 12 N–H and O–H groups in total. The molecule has 0 aromatic heterocycles. The van der Waals surface area contributed by atoms with Gasteiger partial charge < -0.3 is 89.9 Å². The van der Waals surface area contributed by atoms with E-state index in [1.165, 1.54) is 167 Å². The van der Waals surface area contributed by atoms with Gasteiger partial charge in [0.1, 0.15) is 73.2 Å². The van der Waals surface area contributed by atoms with Crippen molar-refractivity contribution in [3.63, 3.8) is 0 Å². The normalized spacial score (nSPS) is 26.4. The van der Waals surface area contributed by atoms with Crippen LogP contribution in [0.1, 0.15) is 296 Å². The average Bonchev–Trinajstić information content (AvgIpc) is 0.781. The van der Waals surface area contributed by atoms with E-state index in [1.54, 1.807) is 6.08 Å². The smallest absolute Gasteiger partial charge is 0.220 e. The second kappa shape index (κ2) is 65.2. The fraction of sp³-hybridized carbons (Fsp3) is 0.779. The minimum Gasteiger partial charge on any atom is -0.394 e. The number of nitrogens with one attached hydrogen (secondary N) is 1. The fourth-order valence-corrected chi connectivity index (χ4v) is 13.4. The second-order valence-electron chi connectivity index (χ2n) is 29.2. The molecule has 3 aliphatic heterocycles. The van der Waals surface area contributed by atoms with E-state index in [0.717, 1.165) is 96.3 Å². The third kappa shape index (κ3) is 44.8. The number of aliphatic hydroxyl groups excluding tert-OH is 11. The first kappa shape index (κ1) is 95.7. The van der Waals surface area contributed by atoms with Gasteiger partial charge in [-0.1, -0.05) is 309 Å². The third-order valence-corrected chi connectivity index (χ3v) is 20.1. The maximum Gasteiger partial charge on any atom is 0.220 e. The number of aliphatic hydroxyl groups is 11. The Morgan fingerprint density at radius 1 is 0.352 bits per heavy atom. The van der Waals surface area contributed by atoms with Crippen LogP contribution in [0.25, 0.3) is 0 Å². The highest BCUT2D eigenvalue weighted by molar-refractivity contribution is 5.76. The summed E-state index contributed by atoms with van der Waals surface area (Å²) in [5, 5.41) is 121. The summed E-state index contributed by atoms with van der Waals surface area (Å²) in [5.74, 6) is -0.293. The zero-order chi connectivity index (χ0) is 76.0. The van der Waals surface area contributed by atoms with Gasteiger partial charge in [-0.15, -0.1) is 0 Å². The molecule has 17 atom stereocenters. The molecule has 0 aliphatic carbocycles. The summed E-state index contributed by atoms with van der Waals surface area (Å²) in [4.78, 5) is 13.5. The first-order valence-electron chi connectivity index (χ1n) is 41.6. The molecule has 19 heteroatoms. The van der Waals surface area contributed by atoms with Gasteiger partial charge in [0, 0.05) is 6.42 Å². The molecule has 0 aromatic rings. The van der Waals surface area contributed by atoms with Crippen LogP contribution in [0.3, 0.4) is 0 Å². The lowest BCUT2D eigenvalue weighted by Crippen LogP contribution is -2.66. The highest BCUT2D eigenvalue weighted by Crippen LogP contribution is 2.33. The summed E-state index contributed by atoms with van der Waals surface area (Å²) in [7, 11) is 0. The predicted molar refractivity (Wildman–Crippen MR) is 420 cm³/mol. The van der Waals surface area contributed by atoms with Gasteiger partial charge in [0.05, 0.1) is 38.6 Å². The number of carbonyl (C=O) groups is 1. The molecule has 19 nitrogen and oxygen atoms in total. The Kier molecular flexibility index (Phi) is 59.4. The van der Waals surface area contributed by atoms with E-state index < -0.39 is 124 Å². The van der Waals surface area contributed by atoms with E-state index >= 15 is 0 Å². The van der Waals surface area contributed by atoms with Crippen molar-refractivity contribution >= 4 is 5.91 Å². The second-order valence-corrected chi connectivity index (χ2v) is 29.2. The van der Waals surface area contributed by atoms with Crippen LogP contribution >= 0.6 is 0 Å². The number of rotatable bonds is 65. The van der Waals surface area contributed by atoms with Crippen molar-refractivity contribution in [2.45, 2.75) is 401 Å². The van der Waals surface area contributed by atoms with E-state index in [1.807, 2.05) is 6.08 Å². The van der Waals surface area contributed by atoms with Crippen molar-refractivity contribution in [1.82, 2.24) is 5.32 Å². The number of carbonyl (C=O) groups excluding carboxylic acids is 1. The molecule has 3 rings (SSSR count). The minimum atomic E-state index is -1.99. The van der Waals surface area contributed by atoms with Gasteiger partial charge in [0.15, 0.2) is 18.9 Å². The maximum absolute atomic E-state index is 13.5. The minimum absolute atomic E-state index is 0.222. The van der Waals surface area contributed by atoms with Crippen LogP contribution in [0.15, 0.2) is 109 Å². The molecule has 3 heterocycles. The van der Waals surface area contributed by atoms with Crippen LogP contribution < -0.4 is 5.32 Å². The molecule has 0 bridgehead atoms. The monoisotopic (exact) mass is 1480 g/mol. The molecule has 17 unspecified atom stereocenters. The number of hydrogen-bond donors (Lipinski definition) is 12. The molecule has 3 aliphatic rings. The van der Waals surface area contributed by atoms with Crippen molar-refractivity contribution in [2.24, 2.45) is 0 Å². The number of unbranched alkanes of at least 4 members (excludes halogenated alkanes) is 33. The third-order valence-electron chi connectivity index (χ3n) is 20.1. The molecule has 105 heavy (non-hydrogen) atoms. The maximum atomic E-state index is 13.5. The summed E-state index contributed by atoms with van der Waals surface area (Å²) < 4.78 is 34.5. The van der Waals surface area contributed by atoms with E-state index in [9.17, 15) is 61.0 Å². The molecule has 606 valence electrons. The first-order chi connectivity index (χ1) is 51.3. The zero-order valence-corrected chi connectivity index (χ0v) is 64.9. The van der Waals surface area contributed by atoms with Gasteiger partial charge in [-0.25, -0.2) is 0 Å². The van der Waals surface area contributed by atoms with Gasteiger partial charge in [-0.2, -0.15) is 0 Å². The van der Waals surface area contributed by atoms with E-state index in [2.05, 4.69) is 116 Å². The summed E-state index contributed by atoms with van der Waals surface area (Å²) >= 11 is 0. The largest absolute Gasteiger partial charge is 0.394 e. The van der Waals surface area contributed by atoms with Crippen molar-refractivity contribution in [3.8, 4) is 0 Å².